The molecule has 27 heavy (non-hydrogen) atoms. The average Bonchev–Trinajstić information content (AvgIpc) is 2.67. The summed E-state index contributed by atoms with van der Waals surface area (Å²) in [4.78, 5) is 17.2. The van der Waals surface area contributed by atoms with Crippen LogP contribution in [0, 0.1) is 0 Å². The van der Waals surface area contributed by atoms with Crippen LogP contribution in [-0.4, -0.2) is 37.2 Å². The molecule has 0 saturated carbocycles. The Morgan fingerprint density at radius 1 is 1.19 bits per heavy atom. The third kappa shape index (κ3) is 4.93. The number of aromatic nitrogens is 1. The van der Waals surface area contributed by atoms with Crippen molar-refractivity contribution in [1.82, 2.24) is 10.3 Å². The van der Waals surface area contributed by atoms with E-state index in [1.54, 1.807) is 6.07 Å². The van der Waals surface area contributed by atoms with Crippen LogP contribution in [0.3, 0.4) is 0 Å². The van der Waals surface area contributed by atoms with Crippen molar-refractivity contribution in [2.45, 2.75) is 18.3 Å². The number of anilines is 1. The summed E-state index contributed by atoms with van der Waals surface area (Å²) in [5.41, 5.74) is 0.455. The summed E-state index contributed by atoms with van der Waals surface area (Å²) in [6, 6.07) is 9.57. The van der Waals surface area contributed by atoms with Crippen LogP contribution >= 0.6 is 39.1 Å². The first-order valence-corrected chi connectivity index (χ1v) is 10.2. The molecule has 1 aromatic carbocycles. The van der Waals surface area contributed by atoms with Crippen LogP contribution in [0.25, 0.3) is 0 Å². The summed E-state index contributed by atoms with van der Waals surface area (Å²) >= 11 is 15.4. The predicted octanol–water partition coefficient (Wildman–Crippen LogP) is 4.43. The molecule has 1 aliphatic heterocycles. The third-order valence-electron chi connectivity index (χ3n) is 4.69. The van der Waals surface area contributed by atoms with E-state index in [0.29, 0.717) is 55.0 Å². The molecule has 0 radical (unpaired) electrons. The minimum absolute atomic E-state index is 0.0186. The van der Waals surface area contributed by atoms with Gasteiger partial charge in [0.1, 0.15) is 5.82 Å². The highest BCUT2D eigenvalue weighted by molar-refractivity contribution is 9.10. The molecule has 5 nitrogen and oxygen atoms in total. The Labute approximate surface area is 176 Å². The second kappa shape index (κ2) is 9.24. The molecule has 1 saturated heterocycles. The third-order valence-corrected chi connectivity index (χ3v) is 5.71. The van der Waals surface area contributed by atoms with Crippen molar-refractivity contribution in [1.29, 1.82) is 0 Å². The largest absolute Gasteiger partial charge is 0.381 e. The number of hydrogen-bond acceptors (Lipinski definition) is 4. The standard InChI is InChI=1S/C19H20BrCl2N3O2/c20-14-3-1-13(2-4-14)19(5-9-27-10-6-19)18(26)24-8-7-23-17-16(22)11-15(21)12-25-17/h1-4,11-12H,5-10H2,(H,23,25)(H,24,26). The Kier molecular flexibility index (Phi) is 6.98. The van der Waals surface area contributed by atoms with Crippen LogP contribution in [0.5, 0.6) is 0 Å². The van der Waals surface area contributed by atoms with E-state index in [-0.39, 0.29) is 5.91 Å². The number of benzene rings is 1. The molecular weight excluding hydrogens is 453 g/mol. The fourth-order valence-electron chi connectivity index (χ4n) is 3.21. The molecular formula is C19H20BrCl2N3O2. The second-order valence-corrected chi connectivity index (χ2v) is 8.13. The van der Waals surface area contributed by atoms with Crippen LogP contribution in [-0.2, 0) is 14.9 Å². The van der Waals surface area contributed by atoms with E-state index in [1.165, 1.54) is 6.20 Å². The van der Waals surface area contributed by atoms with E-state index in [0.717, 1.165) is 10.0 Å². The number of nitrogens with zero attached hydrogens (tertiary/aromatic N) is 1. The summed E-state index contributed by atoms with van der Waals surface area (Å²) in [5.74, 6) is 0.564. The van der Waals surface area contributed by atoms with Crippen molar-refractivity contribution >= 4 is 50.9 Å². The summed E-state index contributed by atoms with van der Waals surface area (Å²) in [6.45, 7) is 2.11. The molecule has 8 heteroatoms. The minimum Gasteiger partial charge on any atom is -0.381 e. The summed E-state index contributed by atoms with van der Waals surface area (Å²) < 4.78 is 6.48. The highest BCUT2D eigenvalue weighted by Gasteiger charge is 2.41. The predicted molar refractivity (Wildman–Crippen MR) is 112 cm³/mol. The molecule has 1 amide bonds. The number of nitrogens with one attached hydrogen (secondary N) is 2. The lowest BCUT2D eigenvalue weighted by atomic mass is 9.73. The monoisotopic (exact) mass is 471 g/mol. The maximum Gasteiger partial charge on any atom is 0.230 e. The molecule has 2 N–H and O–H groups in total. The quantitative estimate of drug-likeness (QED) is 0.610. The average molecular weight is 473 g/mol. The maximum atomic E-state index is 13.1. The van der Waals surface area contributed by atoms with Crippen LogP contribution in [0.15, 0.2) is 41.0 Å². The number of hydrogen-bond donors (Lipinski definition) is 2. The molecule has 0 unspecified atom stereocenters. The van der Waals surface area contributed by atoms with E-state index < -0.39 is 5.41 Å². The Balaban J connectivity index is 1.62. The van der Waals surface area contributed by atoms with Crippen molar-refractivity contribution in [3.63, 3.8) is 0 Å². The highest BCUT2D eigenvalue weighted by Crippen LogP contribution is 2.35. The molecule has 0 spiro atoms. The smallest absolute Gasteiger partial charge is 0.230 e. The molecule has 0 bridgehead atoms. The van der Waals surface area contributed by atoms with Gasteiger partial charge in [-0.05, 0) is 36.6 Å². The number of rotatable bonds is 6. The molecule has 0 aliphatic carbocycles. The lowest BCUT2D eigenvalue weighted by Crippen LogP contribution is -2.49. The first-order chi connectivity index (χ1) is 13.0. The van der Waals surface area contributed by atoms with E-state index in [1.807, 2.05) is 24.3 Å². The number of pyridine rings is 1. The van der Waals surface area contributed by atoms with Gasteiger partial charge in [0.2, 0.25) is 5.91 Å². The SMILES string of the molecule is O=C(NCCNc1ncc(Cl)cc1Cl)C1(c2ccc(Br)cc2)CCOCC1. The van der Waals surface area contributed by atoms with Gasteiger partial charge in [-0.15, -0.1) is 0 Å². The van der Waals surface area contributed by atoms with E-state index >= 15 is 0 Å². The number of halogens is 3. The number of ether oxygens (including phenoxy) is 1. The van der Waals surface area contributed by atoms with Crippen molar-refractivity contribution in [2.24, 2.45) is 0 Å². The fraction of sp³-hybridized carbons (Fsp3) is 0.368. The molecule has 1 aliphatic rings. The van der Waals surface area contributed by atoms with Crippen molar-refractivity contribution in [3.8, 4) is 0 Å². The van der Waals surface area contributed by atoms with Crippen LogP contribution in [0.1, 0.15) is 18.4 Å². The van der Waals surface area contributed by atoms with E-state index in [4.69, 9.17) is 27.9 Å². The zero-order chi connectivity index (χ0) is 19.3. The van der Waals surface area contributed by atoms with Gasteiger partial charge in [-0.25, -0.2) is 4.98 Å². The van der Waals surface area contributed by atoms with Gasteiger partial charge in [0.15, 0.2) is 0 Å². The van der Waals surface area contributed by atoms with Gasteiger partial charge in [0, 0.05) is 37.0 Å². The van der Waals surface area contributed by atoms with Gasteiger partial charge in [0.25, 0.3) is 0 Å². The van der Waals surface area contributed by atoms with Crippen molar-refractivity contribution < 1.29 is 9.53 Å². The first kappa shape index (κ1) is 20.4. The van der Waals surface area contributed by atoms with Gasteiger partial charge in [0.05, 0.1) is 15.5 Å². The van der Waals surface area contributed by atoms with E-state index in [9.17, 15) is 4.79 Å². The molecule has 1 fully saturated rings. The summed E-state index contributed by atoms with van der Waals surface area (Å²) in [5, 5.41) is 7.08. The van der Waals surface area contributed by atoms with Crippen molar-refractivity contribution in [2.75, 3.05) is 31.6 Å². The Bertz CT molecular complexity index is 796. The van der Waals surface area contributed by atoms with Crippen LogP contribution in [0.2, 0.25) is 10.0 Å². The lowest BCUT2D eigenvalue weighted by molar-refractivity contribution is -0.130. The molecule has 1 aromatic heterocycles. The normalized spacial score (nSPS) is 16.0. The first-order valence-electron chi connectivity index (χ1n) is 8.68. The van der Waals surface area contributed by atoms with Gasteiger partial charge in [-0.2, -0.15) is 0 Å². The second-order valence-electron chi connectivity index (χ2n) is 6.37. The summed E-state index contributed by atoms with van der Waals surface area (Å²) in [7, 11) is 0. The number of amides is 1. The zero-order valence-corrected chi connectivity index (χ0v) is 17.7. The molecule has 3 rings (SSSR count). The molecule has 2 aromatic rings. The Hall–Kier alpha value is -1.34. The van der Waals surface area contributed by atoms with Gasteiger partial charge in [-0.1, -0.05) is 51.3 Å². The lowest BCUT2D eigenvalue weighted by Gasteiger charge is -2.36. The maximum absolute atomic E-state index is 13.1. The highest BCUT2D eigenvalue weighted by atomic mass is 79.9. The van der Waals surface area contributed by atoms with Crippen molar-refractivity contribution in [3.05, 3.63) is 56.6 Å². The molecule has 2 heterocycles. The van der Waals surface area contributed by atoms with Crippen LogP contribution < -0.4 is 10.6 Å². The summed E-state index contributed by atoms with van der Waals surface area (Å²) in [6.07, 6.45) is 2.86. The minimum atomic E-state index is -0.560. The molecule has 144 valence electrons. The van der Waals surface area contributed by atoms with Gasteiger partial charge in [-0.3, -0.25) is 4.79 Å². The Morgan fingerprint density at radius 2 is 1.89 bits per heavy atom. The topological polar surface area (TPSA) is 63.2 Å². The zero-order valence-electron chi connectivity index (χ0n) is 14.6. The van der Waals surface area contributed by atoms with Gasteiger partial charge < -0.3 is 15.4 Å². The fourth-order valence-corrected chi connectivity index (χ4v) is 3.92. The number of carbonyl (C=O) groups is 1. The number of carbonyl (C=O) groups excluding carboxylic acids is 1. The Morgan fingerprint density at radius 3 is 2.56 bits per heavy atom. The van der Waals surface area contributed by atoms with Gasteiger partial charge >= 0.3 is 0 Å². The van der Waals surface area contributed by atoms with Crippen LogP contribution in [0.4, 0.5) is 5.82 Å². The molecule has 0 atom stereocenters. The van der Waals surface area contributed by atoms with E-state index in [2.05, 4.69) is 31.5 Å².